The van der Waals surface area contributed by atoms with Gasteiger partial charge in [-0.2, -0.15) is 4.39 Å². The Morgan fingerprint density at radius 2 is 0.796 bits per heavy atom. The highest BCUT2D eigenvalue weighted by Gasteiger charge is 2.41. The third-order valence-corrected chi connectivity index (χ3v) is 8.93. The second kappa shape index (κ2) is 12.0. The van der Waals surface area contributed by atoms with Gasteiger partial charge in [0.15, 0.2) is 75.6 Å². The summed E-state index contributed by atoms with van der Waals surface area (Å²) < 4.78 is 237. The molecule has 0 bridgehead atoms. The molecule has 0 amide bonds. The topological polar surface area (TPSA) is 18.5 Å². The molecule has 0 radical (unpaired) electrons. The maximum absolute atomic E-state index is 16.4. The minimum absolute atomic E-state index is 0.104. The first kappa shape index (κ1) is 35.0. The summed E-state index contributed by atoms with van der Waals surface area (Å²) in [5, 5.41) is -10.7. The molecule has 0 aliphatic rings. The molecular weight excluding hydrogens is 760 g/mol. The summed E-state index contributed by atoms with van der Waals surface area (Å²) in [5.41, 5.74) is -1.39. The molecule has 0 aliphatic heterocycles. The maximum atomic E-state index is 16.4. The van der Waals surface area contributed by atoms with Crippen molar-refractivity contribution in [3.8, 4) is 11.5 Å². The summed E-state index contributed by atoms with van der Waals surface area (Å²) in [6, 6.07) is 5.85. The summed E-state index contributed by atoms with van der Waals surface area (Å²) in [5.74, 6) is -36.4. The van der Waals surface area contributed by atoms with Crippen molar-refractivity contribution in [3.05, 3.63) is 136 Å². The summed E-state index contributed by atoms with van der Waals surface area (Å²) in [6.45, 7) is 0. The van der Waals surface area contributed by atoms with Crippen LogP contribution in [-0.2, 0) is 0 Å². The van der Waals surface area contributed by atoms with Crippen LogP contribution in [-0.4, -0.2) is 7.12 Å². The third kappa shape index (κ3) is 4.60. The SMILES string of the molecule is Fc1ccc2c(OB(Oc3c(F)c(F)c(F)c4c(F)c(F)c(F)c(F)c34)c3c(F)c(F)c4c(F)c(F)c5c(F)ccc6ccc3c4c65)ccc(F)c2c1F. The van der Waals surface area contributed by atoms with Gasteiger partial charge in [0.05, 0.1) is 32.4 Å². The molecule has 272 valence electrons. The van der Waals surface area contributed by atoms with Crippen LogP contribution >= 0.6 is 0 Å². The first-order valence-corrected chi connectivity index (χ1v) is 14.9. The van der Waals surface area contributed by atoms with Crippen LogP contribution in [0.5, 0.6) is 11.5 Å². The fraction of sp³-hybridized carbons (Fsp3) is 0. The molecule has 18 heteroatoms. The first-order chi connectivity index (χ1) is 25.6. The number of rotatable bonds is 5. The molecule has 8 aromatic carbocycles. The van der Waals surface area contributed by atoms with Gasteiger partial charge in [0.25, 0.3) is 0 Å². The lowest BCUT2D eigenvalue weighted by Crippen LogP contribution is -2.46. The van der Waals surface area contributed by atoms with Crippen molar-refractivity contribution < 1.29 is 75.2 Å². The van der Waals surface area contributed by atoms with Crippen LogP contribution in [0.15, 0.2) is 48.5 Å². The van der Waals surface area contributed by atoms with E-state index in [4.69, 9.17) is 9.31 Å². The molecule has 0 fully saturated rings. The average Bonchev–Trinajstić information content (AvgIpc) is 3.14. The Balaban J connectivity index is 1.51. The molecule has 0 atom stereocenters. The Morgan fingerprint density at radius 3 is 1.48 bits per heavy atom. The lowest BCUT2D eigenvalue weighted by Gasteiger charge is -2.23. The van der Waals surface area contributed by atoms with Gasteiger partial charge in [-0.05, 0) is 41.1 Å². The van der Waals surface area contributed by atoms with Gasteiger partial charge in [-0.15, -0.1) is 0 Å². The van der Waals surface area contributed by atoms with E-state index >= 15 is 26.3 Å². The number of hydrogen-bond acceptors (Lipinski definition) is 2. The van der Waals surface area contributed by atoms with E-state index in [9.17, 15) is 39.5 Å². The minimum Gasteiger partial charge on any atom is -0.521 e. The lowest BCUT2D eigenvalue weighted by atomic mass is 9.73. The van der Waals surface area contributed by atoms with E-state index in [0.717, 1.165) is 18.2 Å². The minimum atomic E-state index is -3.03. The van der Waals surface area contributed by atoms with Crippen LogP contribution in [0, 0.1) is 87.3 Å². The van der Waals surface area contributed by atoms with Crippen molar-refractivity contribution in [1.29, 1.82) is 0 Å². The summed E-state index contributed by atoms with van der Waals surface area (Å²) in [6.07, 6.45) is 0. The van der Waals surface area contributed by atoms with E-state index in [1.54, 1.807) is 0 Å². The van der Waals surface area contributed by atoms with Crippen LogP contribution in [0.1, 0.15) is 0 Å². The van der Waals surface area contributed by atoms with Gasteiger partial charge in [0, 0.05) is 16.2 Å². The van der Waals surface area contributed by atoms with Crippen molar-refractivity contribution in [1.82, 2.24) is 0 Å². The van der Waals surface area contributed by atoms with Crippen molar-refractivity contribution in [3.63, 3.8) is 0 Å². The van der Waals surface area contributed by atoms with Crippen LogP contribution in [0.4, 0.5) is 65.9 Å². The highest BCUT2D eigenvalue weighted by molar-refractivity contribution is 6.66. The zero-order chi connectivity index (χ0) is 38.8. The monoisotopic (exact) mass is 768 g/mol. The van der Waals surface area contributed by atoms with Gasteiger partial charge in [0.2, 0.25) is 5.82 Å². The van der Waals surface area contributed by atoms with E-state index in [1.165, 1.54) is 0 Å². The van der Waals surface area contributed by atoms with E-state index in [2.05, 4.69) is 0 Å². The second-order valence-corrected chi connectivity index (χ2v) is 11.7. The normalized spacial score (nSPS) is 12.0. The van der Waals surface area contributed by atoms with Gasteiger partial charge >= 0.3 is 7.12 Å². The molecule has 0 aliphatic carbocycles. The zero-order valence-corrected chi connectivity index (χ0v) is 25.7. The predicted molar refractivity (Wildman–Crippen MR) is 164 cm³/mol. The predicted octanol–water partition coefficient (Wildman–Crippen LogP) is 10.8. The fourth-order valence-electron chi connectivity index (χ4n) is 6.56. The fourth-order valence-corrected chi connectivity index (χ4v) is 6.56. The maximum Gasteiger partial charge on any atom is 0.636 e. The standard InChI is InChI=1S/C36H8BF15O2/c38-12-7-8-15(10-4-6-14(40)24(41)17(10)12)53-37(54-36-22-21(29(46)34(51)35(36)52)28(45)32(49)33(50)30(22)47)23-11-3-1-9-2-5-13(39)19-16(9)18(11)20(26(43)25(19)42)27(44)31(23)48/h1-8H. The summed E-state index contributed by atoms with van der Waals surface area (Å²) in [4.78, 5) is 0. The Labute approximate surface area is 289 Å². The Bertz CT molecular complexity index is 2960. The van der Waals surface area contributed by atoms with E-state index in [1.807, 2.05) is 0 Å². The average molecular weight is 768 g/mol. The van der Waals surface area contributed by atoms with Gasteiger partial charge in [-0.3, -0.25) is 0 Å². The number of halogens is 15. The van der Waals surface area contributed by atoms with E-state index in [0.29, 0.717) is 30.3 Å². The first-order valence-electron chi connectivity index (χ1n) is 14.9. The molecular formula is C36H8BF15O2. The smallest absolute Gasteiger partial charge is 0.521 e. The van der Waals surface area contributed by atoms with E-state index in [-0.39, 0.29) is 5.39 Å². The number of fused-ring (bicyclic) bond motifs is 2. The highest BCUT2D eigenvalue weighted by Crippen LogP contribution is 2.43. The lowest BCUT2D eigenvalue weighted by molar-refractivity contribution is 0.385. The second-order valence-electron chi connectivity index (χ2n) is 11.7. The molecule has 0 saturated heterocycles. The largest absolute Gasteiger partial charge is 0.636 e. The number of hydrogen-bond donors (Lipinski definition) is 0. The van der Waals surface area contributed by atoms with Crippen LogP contribution in [0.3, 0.4) is 0 Å². The summed E-state index contributed by atoms with van der Waals surface area (Å²) in [7, 11) is -3.03. The zero-order valence-electron chi connectivity index (χ0n) is 25.7. The van der Waals surface area contributed by atoms with Gasteiger partial charge < -0.3 is 9.31 Å². The van der Waals surface area contributed by atoms with Crippen LogP contribution in [0.2, 0.25) is 0 Å². The molecule has 8 aromatic rings. The van der Waals surface area contributed by atoms with Crippen molar-refractivity contribution in [2.75, 3.05) is 0 Å². The molecule has 8 rings (SSSR count). The van der Waals surface area contributed by atoms with Gasteiger partial charge in [0.1, 0.15) is 17.4 Å². The molecule has 0 spiro atoms. The molecule has 0 unspecified atom stereocenters. The molecule has 0 N–H and O–H groups in total. The van der Waals surface area contributed by atoms with Crippen LogP contribution < -0.4 is 14.8 Å². The van der Waals surface area contributed by atoms with Crippen molar-refractivity contribution in [2.24, 2.45) is 0 Å². The van der Waals surface area contributed by atoms with E-state index < -0.39 is 160 Å². The number of benzene rings is 8. The van der Waals surface area contributed by atoms with Gasteiger partial charge in [-0.25, -0.2) is 61.5 Å². The quantitative estimate of drug-likeness (QED) is 0.0571. The molecule has 0 saturated carbocycles. The van der Waals surface area contributed by atoms with Gasteiger partial charge in [-0.1, -0.05) is 18.2 Å². The third-order valence-electron chi connectivity index (χ3n) is 8.93. The molecule has 2 nitrogen and oxygen atoms in total. The van der Waals surface area contributed by atoms with Crippen molar-refractivity contribution in [2.45, 2.75) is 0 Å². The highest BCUT2D eigenvalue weighted by atomic mass is 19.2. The Hall–Kier alpha value is -6.07. The van der Waals surface area contributed by atoms with Crippen LogP contribution in [0.25, 0.3) is 53.9 Å². The Kier molecular flexibility index (Phi) is 7.76. The van der Waals surface area contributed by atoms with Crippen molar-refractivity contribution >= 4 is 66.4 Å². The Morgan fingerprint density at radius 1 is 0.315 bits per heavy atom. The molecule has 0 aromatic heterocycles. The molecule has 0 heterocycles. The summed E-state index contributed by atoms with van der Waals surface area (Å²) >= 11 is 0. The molecule has 54 heavy (non-hydrogen) atoms.